The lowest BCUT2D eigenvalue weighted by atomic mass is 10.1. The molecular weight excluding hydrogens is 266 g/mol. The van der Waals surface area contributed by atoms with Gasteiger partial charge in [0.1, 0.15) is 11.3 Å². The van der Waals surface area contributed by atoms with E-state index in [0.29, 0.717) is 5.88 Å². The number of hydrogen-bond donors (Lipinski definition) is 0. The van der Waals surface area contributed by atoms with Crippen molar-refractivity contribution in [2.24, 2.45) is 5.92 Å². The van der Waals surface area contributed by atoms with Crippen molar-refractivity contribution in [3.8, 4) is 0 Å². The Morgan fingerprint density at radius 3 is 3.22 bits per heavy atom. The number of pyridine rings is 1. The summed E-state index contributed by atoms with van der Waals surface area (Å²) in [4.78, 5) is 8.80. The van der Waals surface area contributed by atoms with Crippen molar-refractivity contribution in [3.05, 3.63) is 24.3 Å². The Labute approximate surface area is 116 Å². The van der Waals surface area contributed by atoms with E-state index in [9.17, 15) is 0 Å². The van der Waals surface area contributed by atoms with Crippen LogP contribution in [0.1, 0.15) is 12.2 Å². The molecule has 1 unspecified atom stereocenters. The van der Waals surface area contributed by atoms with Crippen LogP contribution in [0.3, 0.4) is 0 Å². The van der Waals surface area contributed by atoms with Crippen molar-refractivity contribution >= 4 is 34.4 Å². The van der Waals surface area contributed by atoms with Crippen LogP contribution in [0, 0.1) is 5.92 Å². The van der Waals surface area contributed by atoms with E-state index in [1.54, 1.807) is 0 Å². The third-order valence-corrected chi connectivity index (χ3v) is 4.83. The van der Waals surface area contributed by atoms with E-state index < -0.39 is 0 Å². The third kappa shape index (κ3) is 2.36. The van der Waals surface area contributed by atoms with Crippen LogP contribution < -0.4 is 0 Å². The minimum Gasteiger partial charge on any atom is -0.328 e. The summed E-state index contributed by atoms with van der Waals surface area (Å²) in [6.07, 6.45) is 5.83. The summed E-state index contributed by atoms with van der Waals surface area (Å²) < 4.78 is 2.34. The summed E-state index contributed by atoms with van der Waals surface area (Å²) in [6, 6.07) is 2.06. The van der Waals surface area contributed by atoms with Gasteiger partial charge in [-0.25, -0.2) is 4.98 Å². The first-order chi connectivity index (χ1) is 8.88. The zero-order chi connectivity index (χ0) is 12.4. The minimum absolute atomic E-state index is 0.621. The van der Waals surface area contributed by atoms with E-state index >= 15 is 0 Å². The molecule has 0 aliphatic carbocycles. The smallest absolute Gasteiger partial charge is 0.111 e. The zero-order valence-electron chi connectivity index (χ0n) is 10.2. The second-order valence-corrected chi connectivity index (χ2v) is 6.20. The van der Waals surface area contributed by atoms with Crippen molar-refractivity contribution in [2.75, 3.05) is 17.4 Å². The second-order valence-electron chi connectivity index (χ2n) is 4.67. The molecule has 5 heteroatoms. The number of aryl methyl sites for hydroxylation is 1. The van der Waals surface area contributed by atoms with Gasteiger partial charge in [0.05, 0.1) is 11.7 Å². The number of hydrogen-bond acceptors (Lipinski definition) is 3. The summed E-state index contributed by atoms with van der Waals surface area (Å²) in [7, 11) is 0. The van der Waals surface area contributed by atoms with Crippen molar-refractivity contribution in [3.63, 3.8) is 0 Å². The van der Waals surface area contributed by atoms with Gasteiger partial charge in [0.25, 0.3) is 0 Å². The highest BCUT2D eigenvalue weighted by molar-refractivity contribution is 7.99. The molecule has 2 aromatic heterocycles. The van der Waals surface area contributed by atoms with Gasteiger partial charge in [0.2, 0.25) is 0 Å². The maximum Gasteiger partial charge on any atom is 0.111 e. The Morgan fingerprint density at radius 1 is 1.50 bits per heavy atom. The molecule has 3 rings (SSSR count). The van der Waals surface area contributed by atoms with Gasteiger partial charge in [0, 0.05) is 25.0 Å². The van der Waals surface area contributed by atoms with Crippen molar-refractivity contribution in [1.82, 2.24) is 14.5 Å². The first-order valence-corrected chi connectivity index (χ1v) is 8.00. The van der Waals surface area contributed by atoms with Crippen LogP contribution >= 0.6 is 23.4 Å². The van der Waals surface area contributed by atoms with Gasteiger partial charge in [-0.15, -0.1) is 11.6 Å². The Morgan fingerprint density at radius 2 is 2.44 bits per heavy atom. The predicted octanol–water partition coefficient (Wildman–Crippen LogP) is 2.97. The number of imidazole rings is 1. The molecule has 0 saturated carbocycles. The van der Waals surface area contributed by atoms with Gasteiger partial charge in [-0.3, -0.25) is 4.98 Å². The fraction of sp³-hybridized carbons (Fsp3) is 0.538. The minimum atomic E-state index is 0.621. The van der Waals surface area contributed by atoms with E-state index in [0.717, 1.165) is 30.2 Å². The molecule has 2 aromatic rings. The number of aromatic nitrogens is 3. The average Bonchev–Trinajstić information content (AvgIpc) is 3.00. The largest absolute Gasteiger partial charge is 0.328 e. The first kappa shape index (κ1) is 12.3. The number of fused-ring (bicyclic) bond motifs is 1. The van der Waals surface area contributed by atoms with Gasteiger partial charge in [0.15, 0.2) is 0 Å². The lowest BCUT2D eigenvalue weighted by Gasteiger charge is -2.13. The van der Waals surface area contributed by atoms with Gasteiger partial charge >= 0.3 is 0 Å². The van der Waals surface area contributed by atoms with Crippen LogP contribution in [-0.4, -0.2) is 31.9 Å². The lowest BCUT2D eigenvalue weighted by Crippen LogP contribution is -2.13. The van der Waals surface area contributed by atoms with Crippen LogP contribution in [0.2, 0.25) is 0 Å². The molecule has 1 aliphatic rings. The highest BCUT2D eigenvalue weighted by atomic mass is 35.5. The number of rotatable bonds is 4. The summed E-state index contributed by atoms with van der Waals surface area (Å²) in [5.74, 6) is 5.06. The molecule has 0 spiro atoms. The lowest BCUT2D eigenvalue weighted by molar-refractivity contribution is 0.490. The van der Waals surface area contributed by atoms with E-state index in [1.165, 1.54) is 23.4 Å². The Balaban J connectivity index is 1.97. The maximum atomic E-state index is 5.88. The topological polar surface area (TPSA) is 30.7 Å². The number of nitrogens with zero attached hydrogens (tertiary/aromatic N) is 3. The van der Waals surface area contributed by atoms with Gasteiger partial charge in [-0.05, 0) is 29.9 Å². The van der Waals surface area contributed by atoms with Crippen molar-refractivity contribution in [2.45, 2.75) is 19.4 Å². The Kier molecular flexibility index (Phi) is 3.75. The van der Waals surface area contributed by atoms with Gasteiger partial charge in [-0.1, -0.05) is 0 Å². The molecule has 0 radical (unpaired) electrons. The quantitative estimate of drug-likeness (QED) is 0.808. The van der Waals surface area contributed by atoms with Crippen molar-refractivity contribution in [1.29, 1.82) is 0 Å². The molecule has 0 N–H and O–H groups in total. The van der Waals surface area contributed by atoms with E-state index in [1.807, 2.05) is 12.4 Å². The Hall–Kier alpha value is -0.740. The number of alkyl halides is 1. The Bertz CT molecular complexity index is 534. The van der Waals surface area contributed by atoms with Crippen LogP contribution in [0.4, 0.5) is 0 Å². The highest BCUT2D eigenvalue weighted by Crippen LogP contribution is 2.27. The van der Waals surface area contributed by atoms with Crippen LogP contribution in [0.15, 0.2) is 18.5 Å². The molecule has 96 valence electrons. The fourth-order valence-electron chi connectivity index (χ4n) is 2.50. The standard InChI is InChI=1S/C13H16ClN3S/c14-4-1-13-16-11-7-15-5-2-12(11)17(13)8-10-3-6-18-9-10/h2,5,7,10H,1,3-4,6,8-9H2. The first-order valence-electron chi connectivity index (χ1n) is 6.31. The summed E-state index contributed by atoms with van der Waals surface area (Å²) in [5.41, 5.74) is 2.19. The SMILES string of the molecule is ClCCc1nc2cnccc2n1CC1CCSC1. The fourth-order valence-corrected chi connectivity index (χ4v) is 3.94. The number of halogens is 1. The predicted molar refractivity (Wildman–Crippen MR) is 77.4 cm³/mol. The van der Waals surface area contributed by atoms with Crippen LogP contribution in [0.25, 0.3) is 11.0 Å². The molecular formula is C13H16ClN3S. The molecule has 0 bridgehead atoms. The monoisotopic (exact) mass is 281 g/mol. The van der Waals surface area contributed by atoms with E-state index in [-0.39, 0.29) is 0 Å². The summed E-state index contributed by atoms with van der Waals surface area (Å²) in [5, 5.41) is 0. The molecule has 3 heterocycles. The summed E-state index contributed by atoms with van der Waals surface area (Å²) in [6.45, 7) is 1.07. The molecule has 1 fully saturated rings. The maximum absolute atomic E-state index is 5.88. The highest BCUT2D eigenvalue weighted by Gasteiger charge is 2.19. The molecule has 0 aromatic carbocycles. The molecule has 3 nitrogen and oxygen atoms in total. The van der Waals surface area contributed by atoms with Gasteiger partial charge < -0.3 is 4.57 Å². The molecule has 1 atom stereocenters. The van der Waals surface area contributed by atoms with E-state index in [2.05, 4.69) is 32.4 Å². The third-order valence-electron chi connectivity index (χ3n) is 3.41. The second kappa shape index (κ2) is 5.49. The van der Waals surface area contributed by atoms with Crippen LogP contribution in [-0.2, 0) is 13.0 Å². The molecule has 1 aliphatic heterocycles. The molecule has 1 saturated heterocycles. The van der Waals surface area contributed by atoms with E-state index in [4.69, 9.17) is 11.6 Å². The molecule has 18 heavy (non-hydrogen) atoms. The van der Waals surface area contributed by atoms with Gasteiger partial charge in [-0.2, -0.15) is 11.8 Å². The molecule has 0 amide bonds. The number of thioether (sulfide) groups is 1. The van der Waals surface area contributed by atoms with Crippen LogP contribution in [0.5, 0.6) is 0 Å². The average molecular weight is 282 g/mol. The summed E-state index contributed by atoms with van der Waals surface area (Å²) >= 11 is 7.94. The zero-order valence-corrected chi connectivity index (χ0v) is 11.8. The van der Waals surface area contributed by atoms with Crippen molar-refractivity contribution < 1.29 is 0 Å². The normalized spacial score (nSPS) is 19.7.